The summed E-state index contributed by atoms with van der Waals surface area (Å²) in [5.41, 5.74) is 0.628. The molecular weight excluding hydrogens is 344 g/mol. The van der Waals surface area contributed by atoms with Gasteiger partial charge in [0.05, 0.1) is 19.8 Å². The van der Waals surface area contributed by atoms with Gasteiger partial charge in [0.15, 0.2) is 0 Å². The summed E-state index contributed by atoms with van der Waals surface area (Å²) in [6.07, 6.45) is 4.53. The van der Waals surface area contributed by atoms with E-state index in [9.17, 15) is 4.79 Å². The molecule has 4 aliphatic rings. The number of rotatable bonds is 4. The van der Waals surface area contributed by atoms with Crippen LogP contribution in [0.4, 0.5) is 0 Å². The maximum Gasteiger partial charge on any atom is 0.257 e. The summed E-state index contributed by atoms with van der Waals surface area (Å²) in [4.78, 5) is 18.1. The Labute approximate surface area is 161 Å². The number of hydrogen-bond acceptors (Lipinski definition) is 5. The summed E-state index contributed by atoms with van der Waals surface area (Å²) in [6.45, 7) is 4.65. The van der Waals surface area contributed by atoms with Gasteiger partial charge >= 0.3 is 0 Å². The third-order valence-electron chi connectivity index (χ3n) is 6.35. The van der Waals surface area contributed by atoms with E-state index in [1.54, 1.807) is 20.3 Å². The van der Waals surface area contributed by atoms with Crippen LogP contribution in [0.2, 0.25) is 0 Å². The van der Waals surface area contributed by atoms with Gasteiger partial charge in [-0.25, -0.2) is 0 Å². The fourth-order valence-corrected chi connectivity index (χ4v) is 4.85. The number of benzene rings is 1. The van der Waals surface area contributed by atoms with Gasteiger partial charge in [-0.15, -0.1) is 0 Å². The van der Waals surface area contributed by atoms with Crippen molar-refractivity contribution in [1.82, 2.24) is 9.80 Å². The highest BCUT2D eigenvalue weighted by atomic mass is 16.5. The predicted octanol–water partition coefficient (Wildman–Crippen LogP) is 2.42. The fraction of sp³-hybridized carbons (Fsp3) is 0.667. The van der Waals surface area contributed by atoms with Crippen LogP contribution in [0.5, 0.6) is 11.5 Å². The van der Waals surface area contributed by atoms with Crippen molar-refractivity contribution in [2.45, 2.75) is 37.8 Å². The molecule has 0 N–H and O–H groups in total. The molecule has 0 saturated carbocycles. The van der Waals surface area contributed by atoms with Crippen LogP contribution in [0.25, 0.3) is 0 Å². The molecule has 4 fully saturated rings. The van der Waals surface area contributed by atoms with Gasteiger partial charge in [-0.3, -0.25) is 9.69 Å². The minimum atomic E-state index is 0.0815. The Hall–Kier alpha value is -1.79. The van der Waals surface area contributed by atoms with E-state index in [4.69, 9.17) is 14.2 Å². The lowest BCUT2D eigenvalue weighted by atomic mass is 9.94. The van der Waals surface area contributed by atoms with E-state index >= 15 is 0 Å². The molecule has 6 heteroatoms. The minimum Gasteiger partial charge on any atom is -0.497 e. The lowest BCUT2D eigenvalue weighted by Crippen LogP contribution is -2.48. The first-order chi connectivity index (χ1) is 13.2. The second-order valence-corrected chi connectivity index (χ2v) is 7.92. The molecule has 0 aliphatic carbocycles. The zero-order valence-electron chi connectivity index (χ0n) is 16.4. The monoisotopic (exact) mass is 374 g/mol. The number of carbonyl (C=O) groups is 1. The largest absolute Gasteiger partial charge is 0.497 e. The third-order valence-corrected chi connectivity index (χ3v) is 6.35. The normalized spacial score (nSPS) is 26.7. The van der Waals surface area contributed by atoms with Gasteiger partial charge in [0, 0.05) is 51.0 Å². The number of piperidine rings is 1. The van der Waals surface area contributed by atoms with E-state index < -0.39 is 0 Å². The average molecular weight is 374 g/mol. The van der Waals surface area contributed by atoms with Crippen LogP contribution in [0.3, 0.4) is 0 Å². The second kappa shape index (κ2) is 8.07. The molecule has 27 heavy (non-hydrogen) atoms. The predicted molar refractivity (Wildman–Crippen MR) is 103 cm³/mol. The summed E-state index contributed by atoms with van der Waals surface area (Å²) in [5, 5.41) is 0. The average Bonchev–Trinajstić information content (AvgIpc) is 3.05. The maximum atomic E-state index is 13.4. The molecule has 4 saturated heterocycles. The highest BCUT2D eigenvalue weighted by Crippen LogP contribution is 2.33. The van der Waals surface area contributed by atoms with Gasteiger partial charge in [0.1, 0.15) is 11.5 Å². The van der Waals surface area contributed by atoms with Crippen molar-refractivity contribution in [2.24, 2.45) is 5.92 Å². The highest BCUT2D eigenvalue weighted by molar-refractivity contribution is 5.97. The van der Waals surface area contributed by atoms with Crippen molar-refractivity contribution in [3.8, 4) is 11.5 Å². The molecule has 0 unspecified atom stereocenters. The molecule has 4 heterocycles. The standard InChI is InChI=1S/C21H30N2O4/c1-25-18-5-6-19(20(11-18)26-2)21(24)23-13-15-3-4-17(23)14-22(12-15)16-7-9-27-10-8-16/h5-6,11,15-17H,3-4,7-10,12-14H2,1-2H3/t15-,17+/m0/s1. The van der Waals surface area contributed by atoms with Gasteiger partial charge in [0.25, 0.3) is 5.91 Å². The number of nitrogens with zero attached hydrogens (tertiary/aromatic N) is 2. The molecule has 1 aromatic rings. The zero-order valence-corrected chi connectivity index (χ0v) is 16.4. The number of amides is 1. The Morgan fingerprint density at radius 1 is 1.00 bits per heavy atom. The lowest BCUT2D eigenvalue weighted by Gasteiger charge is -2.37. The lowest BCUT2D eigenvalue weighted by molar-refractivity contribution is 0.0304. The minimum absolute atomic E-state index is 0.0815. The van der Waals surface area contributed by atoms with Gasteiger partial charge in [0.2, 0.25) is 0 Å². The molecule has 4 aliphatic heterocycles. The van der Waals surface area contributed by atoms with E-state index in [-0.39, 0.29) is 11.9 Å². The highest BCUT2D eigenvalue weighted by Gasteiger charge is 2.40. The van der Waals surface area contributed by atoms with Crippen molar-refractivity contribution >= 4 is 5.91 Å². The summed E-state index contributed by atoms with van der Waals surface area (Å²) in [7, 11) is 3.22. The van der Waals surface area contributed by atoms with E-state index in [2.05, 4.69) is 9.80 Å². The van der Waals surface area contributed by atoms with Gasteiger partial charge in [-0.1, -0.05) is 0 Å². The number of ether oxygens (including phenoxy) is 3. The van der Waals surface area contributed by atoms with E-state index in [0.717, 1.165) is 52.1 Å². The van der Waals surface area contributed by atoms with E-state index in [0.29, 0.717) is 29.0 Å². The molecule has 6 nitrogen and oxygen atoms in total. The summed E-state index contributed by atoms with van der Waals surface area (Å²) in [5.74, 6) is 1.92. The quantitative estimate of drug-likeness (QED) is 0.810. The topological polar surface area (TPSA) is 51.2 Å². The van der Waals surface area contributed by atoms with Crippen molar-refractivity contribution < 1.29 is 19.0 Å². The SMILES string of the molecule is COc1ccc(C(=O)N2C[C@H]3CC[C@@H]2CN(C2CCOCC2)C3)c(OC)c1. The van der Waals surface area contributed by atoms with Crippen LogP contribution in [0, 0.1) is 5.92 Å². The first-order valence-electron chi connectivity index (χ1n) is 10.0. The van der Waals surface area contributed by atoms with Crippen LogP contribution in [0.15, 0.2) is 18.2 Å². The Morgan fingerprint density at radius 2 is 1.81 bits per heavy atom. The smallest absolute Gasteiger partial charge is 0.257 e. The fourth-order valence-electron chi connectivity index (χ4n) is 4.85. The summed E-state index contributed by atoms with van der Waals surface area (Å²) >= 11 is 0. The number of carbonyl (C=O) groups excluding carboxylic acids is 1. The van der Waals surface area contributed by atoms with Crippen LogP contribution in [-0.2, 0) is 4.74 Å². The molecule has 0 aromatic heterocycles. The van der Waals surface area contributed by atoms with Crippen LogP contribution in [-0.4, -0.2) is 74.9 Å². The molecule has 5 rings (SSSR count). The Morgan fingerprint density at radius 3 is 2.56 bits per heavy atom. The summed E-state index contributed by atoms with van der Waals surface area (Å²) in [6, 6.07) is 6.34. The Kier molecular flexibility index (Phi) is 5.55. The van der Waals surface area contributed by atoms with Gasteiger partial charge in [-0.2, -0.15) is 0 Å². The molecule has 2 bridgehead atoms. The first kappa shape index (κ1) is 18.6. The number of fused-ring (bicyclic) bond motifs is 4. The van der Waals surface area contributed by atoms with Crippen LogP contribution in [0.1, 0.15) is 36.0 Å². The second-order valence-electron chi connectivity index (χ2n) is 7.92. The van der Waals surface area contributed by atoms with Crippen molar-refractivity contribution in [3.05, 3.63) is 23.8 Å². The van der Waals surface area contributed by atoms with Gasteiger partial charge in [-0.05, 0) is 43.7 Å². The molecular formula is C21H30N2O4. The number of methoxy groups -OCH3 is 2. The van der Waals surface area contributed by atoms with Crippen molar-refractivity contribution in [1.29, 1.82) is 0 Å². The van der Waals surface area contributed by atoms with E-state index in [1.165, 1.54) is 6.42 Å². The first-order valence-corrected chi connectivity index (χ1v) is 10.0. The van der Waals surface area contributed by atoms with Crippen LogP contribution < -0.4 is 9.47 Å². The molecule has 0 spiro atoms. The number of hydrogen-bond donors (Lipinski definition) is 0. The Balaban J connectivity index is 1.53. The van der Waals surface area contributed by atoms with E-state index in [1.807, 2.05) is 12.1 Å². The molecule has 1 aromatic carbocycles. The zero-order chi connectivity index (χ0) is 18.8. The molecule has 0 radical (unpaired) electrons. The van der Waals surface area contributed by atoms with Gasteiger partial charge < -0.3 is 19.1 Å². The molecule has 2 atom stereocenters. The van der Waals surface area contributed by atoms with Crippen molar-refractivity contribution in [3.63, 3.8) is 0 Å². The van der Waals surface area contributed by atoms with Crippen LogP contribution >= 0.6 is 0 Å². The Bertz CT molecular complexity index is 674. The maximum absolute atomic E-state index is 13.4. The third kappa shape index (κ3) is 3.78. The molecule has 148 valence electrons. The summed E-state index contributed by atoms with van der Waals surface area (Å²) < 4.78 is 16.3. The molecule has 1 amide bonds. The van der Waals surface area contributed by atoms with Crippen molar-refractivity contribution in [2.75, 3.05) is 47.1 Å².